The molecule has 0 fully saturated rings. The van der Waals surface area contributed by atoms with Gasteiger partial charge in [-0.15, -0.1) is 0 Å². The maximum absolute atomic E-state index is 12.3. The summed E-state index contributed by atoms with van der Waals surface area (Å²) in [5.74, 6) is 0.677. The second-order valence-corrected chi connectivity index (χ2v) is 7.19. The van der Waals surface area contributed by atoms with Gasteiger partial charge in [-0.1, -0.05) is 35.5 Å². The van der Waals surface area contributed by atoms with Crippen molar-refractivity contribution in [2.45, 2.75) is 19.4 Å². The van der Waals surface area contributed by atoms with Crippen LogP contribution < -0.4 is 5.56 Å². The van der Waals surface area contributed by atoms with Crippen molar-refractivity contribution >= 4 is 21.8 Å². The van der Waals surface area contributed by atoms with Crippen LogP contribution in [0.25, 0.3) is 11.3 Å². The number of pyridine rings is 1. The number of hydrogen-bond acceptors (Lipinski definition) is 4. The number of aromatic nitrogens is 2. The highest BCUT2D eigenvalue weighted by atomic mass is 79.9. The molecule has 0 N–H and O–H groups in total. The fourth-order valence-electron chi connectivity index (χ4n) is 2.68. The molecule has 0 bridgehead atoms. The van der Waals surface area contributed by atoms with Crippen LogP contribution in [-0.4, -0.2) is 34.1 Å². The Balaban J connectivity index is 1.50. The van der Waals surface area contributed by atoms with Crippen molar-refractivity contribution in [3.05, 3.63) is 75.3 Å². The summed E-state index contributed by atoms with van der Waals surface area (Å²) in [5, 5.41) is 4.10. The predicted octanol–water partition coefficient (Wildman–Crippen LogP) is 3.36. The number of amides is 1. The largest absolute Gasteiger partial charge is 0.361 e. The van der Waals surface area contributed by atoms with E-state index in [4.69, 9.17) is 4.52 Å². The Labute approximate surface area is 165 Å². The van der Waals surface area contributed by atoms with Gasteiger partial charge in [-0.25, -0.2) is 0 Å². The highest BCUT2D eigenvalue weighted by molar-refractivity contribution is 9.10. The first-order valence-electron chi connectivity index (χ1n) is 8.64. The Morgan fingerprint density at radius 3 is 2.78 bits per heavy atom. The summed E-state index contributed by atoms with van der Waals surface area (Å²) in [7, 11) is 1.74. The number of carbonyl (C=O) groups excluding carboxylic acids is 1. The molecule has 0 spiro atoms. The Bertz CT molecular complexity index is 966. The van der Waals surface area contributed by atoms with Gasteiger partial charge in [0.25, 0.3) is 5.56 Å². The van der Waals surface area contributed by atoms with Gasteiger partial charge in [-0.2, -0.15) is 0 Å². The molecule has 3 aromatic rings. The third-order valence-corrected chi connectivity index (χ3v) is 4.69. The Kier molecular flexibility index (Phi) is 6.24. The molecule has 0 saturated heterocycles. The summed E-state index contributed by atoms with van der Waals surface area (Å²) in [6, 6.07) is 14.9. The minimum absolute atomic E-state index is 0.0231. The second-order valence-electron chi connectivity index (χ2n) is 6.28. The summed E-state index contributed by atoms with van der Waals surface area (Å²) >= 11 is 3.31. The fourth-order valence-corrected chi connectivity index (χ4v) is 3.06. The lowest BCUT2D eigenvalue weighted by atomic mass is 10.1. The third-order valence-electron chi connectivity index (χ3n) is 4.22. The fraction of sp³-hybridized carbons (Fsp3) is 0.250. The molecule has 27 heavy (non-hydrogen) atoms. The van der Waals surface area contributed by atoms with Crippen LogP contribution in [-0.2, 0) is 17.8 Å². The van der Waals surface area contributed by atoms with Gasteiger partial charge >= 0.3 is 0 Å². The van der Waals surface area contributed by atoms with E-state index in [1.807, 2.05) is 36.4 Å². The smallest absolute Gasteiger partial charge is 0.251 e. The Morgan fingerprint density at radius 2 is 2.00 bits per heavy atom. The molecule has 7 heteroatoms. The van der Waals surface area contributed by atoms with Crippen LogP contribution in [0.2, 0.25) is 0 Å². The summed E-state index contributed by atoms with van der Waals surface area (Å²) in [5.41, 5.74) is 1.62. The number of carbonyl (C=O) groups is 1. The van der Waals surface area contributed by atoms with Gasteiger partial charge in [0.2, 0.25) is 5.91 Å². The van der Waals surface area contributed by atoms with Crippen LogP contribution in [0.3, 0.4) is 0 Å². The van der Waals surface area contributed by atoms with Gasteiger partial charge in [-0.05, 0) is 28.4 Å². The lowest BCUT2D eigenvalue weighted by molar-refractivity contribution is -0.130. The van der Waals surface area contributed by atoms with Crippen LogP contribution in [0.15, 0.2) is 68.5 Å². The van der Waals surface area contributed by atoms with Crippen LogP contribution in [0.5, 0.6) is 0 Å². The molecule has 3 rings (SSSR count). The molecule has 1 aromatic carbocycles. The average Bonchev–Trinajstić information content (AvgIpc) is 3.14. The molecule has 0 unspecified atom stereocenters. The van der Waals surface area contributed by atoms with E-state index in [0.717, 1.165) is 27.9 Å². The summed E-state index contributed by atoms with van der Waals surface area (Å²) < 4.78 is 7.54. The standard InChI is InChI=1S/C20H20BrN3O3/c1-23(20(26)14-24-13-16(21)9-10-19(24)25)11-5-8-17-12-18(22-27-17)15-6-3-2-4-7-15/h2-4,6-7,9-10,12-13H,5,8,11,14H2,1H3. The molecule has 0 aliphatic rings. The molecule has 6 nitrogen and oxygen atoms in total. The average molecular weight is 430 g/mol. The molecular formula is C20H20BrN3O3. The van der Waals surface area contributed by atoms with E-state index in [0.29, 0.717) is 13.0 Å². The molecule has 0 aliphatic carbocycles. The maximum Gasteiger partial charge on any atom is 0.251 e. The zero-order chi connectivity index (χ0) is 19.2. The monoisotopic (exact) mass is 429 g/mol. The van der Waals surface area contributed by atoms with Crippen LogP contribution in [0.1, 0.15) is 12.2 Å². The van der Waals surface area contributed by atoms with Crippen molar-refractivity contribution in [3.63, 3.8) is 0 Å². The number of likely N-dealkylation sites (N-methyl/N-ethyl adjacent to an activating group) is 1. The van der Waals surface area contributed by atoms with Crippen molar-refractivity contribution in [2.24, 2.45) is 0 Å². The summed E-state index contributed by atoms with van der Waals surface area (Å²) in [6.45, 7) is 0.595. The van der Waals surface area contributed by atoms with Crippen LogP contribution in [0, 0.1) is 0 Å². The molecule has 2 heterocycles. The maximum atomic E-state index is 12.3. The first-order valence-corrected chi connectivity index (χ1v) is 9.43. The van der Waals surface area contributed by atoms with Crippen LogP contribution >= 0.6 is 15.9 Å². The van der Waals surface area contributed by atoms with Crippen molar-refractivity contribution in [2.75, 3.05) is 13.6 Å². The molecule has 0 aliphatic heterocycles. The lowest BCUT2D eigenvalue weighted by Crippen LogP contribution is -2.34. The summed E-state index contributed by atoms with van der Waals surface area (Å²) in [6.07, 6.45) is 3.06. The first kappa shape index (κ1) is 19.1. The zero-order valence-electron chi connectivity index (χ0n) is 15.0. The van der Waals surface area contributed by atoms with E-state index >= 15 is 0 Å². The first-order chi connectivity index (χ1) is 13.0. The molecule has 1 amide bonds. The van der Waals surface area contributed by atoms with E-state index in [1.54, 1.807) is 24.2 Å². The van der Waals surface area contributed by atoms with Gasteiger partial charge in [0.05, 0.1) is 0 Å². The number of halogens is 1. The van der Waals surface area contributed by atoms with Gasteiger partial charge < -0.3 is 14.0 Å². The molecule has 140 valence electrons. The SMILES string of the molecule is CN(CCCc1cc(-c2ccccc2)no1)C(=O)Cn1cc(Br)ccc1=O. The van der Waals surface area contributed by atoms with Crippen LogP contribution in [0.4, 0.5) is 0 Å². The van der Waals surface area contributed by atoms with E-state index in [2.05, 4.69) is 21.1 Å². The quantitative estimate of drug-likeness (QED) is 0.577. The number of benzene rings is 1. The molecular weight excluding hydrogens is 410 g/mol. The molecule has 2 aromatic heterocycles. The Morgan fingerprint density at radius 1 is 1.22 bits per heavy atom. The Hall–Kier alpha value is -2.67. The van der Waals surface area contributed by atoms with Gasteiger partial charge in [0.15, 0.2) is 0 Å². The summed E-state index contributed by atoms with van der Waals surface area (Å²) in [4.78, 5) is 25.7. The number of hydrogen-bond donors (Lipinski definition) is 0. The van der Waals surface area contributed by atoms with E-state index in [9.17, 15) is 9.59 Å². The topological polar surface area (TPSA) is 68.3 Å². The number of nitrogens with zero attached hydrogens (tertiary/aromatic N) is 3. The highest BCUT2D eigenvalue weighted by Gasteiger charge is 2.12. The minimum atomic E-state index is -0.199. The van der Waals surface area contributed by atoms with Gasteiger partial charge in [-0.3, -0.25) is 9.59 Å². The predicted molar refractivity (Wildman–Crippen MR) is 106 cm³/mol. The van der Waals surface area contributed by atoms with Crippen molar-refractivity contribution in [1.29, 1.82) is 0 Å². The van der Waals surface area contributed by atoms with E-state index < -0.39 is 0 Å². The number of rotatable bonds is 7. The minimum Gasteiger partial charge on any atom is -0.361 e. The van der Waals surface area contributed by atoms with Gasteiger partial charge in [0.1, 0.15) is 18.0 Å². The molecule has 0 atom stereocenters. The van der Waals surface area contributed by atoms with Gasteiger partial charge in [0, 0.05) is 48.4 Å². The molecule has 0 radical (unpaired) electrons. The van der Waals surface area contributed by atoms with E-state index in [-0.39, 0.29) is 18.0 Å². The van der Waals surface area contributed by atoms with E-state index in [1.165, 1.54) is 10.6 Å². The number of aryl methyl sites for hydroxylation is 1. The van der Waals surface area contributed by atoms with Crippen molar-refractivity contribution in [1.82, 2.24) is 14.6 Å². The van der Waals surface area contributed by atoms with Crippen molar-refractivity contribution in [3.8, 4) is 11.3 Å². The normalized spacial score (nSPS) is 10.7. The zero-order valence-corrected chi connectivity index (χ0v) is 16.6. The highest BCUT2D eigenvalue weighted by Crippen LogP contribution is 2.19. The lowest BCUT2D eigenvalue weighted by Gasteiger charge is -2.17. The third kappa shape index (κ3) is 5.17. The second kappa shape index (κ2) is 8.81. The molecule has 0 saturated carbocycles. The van der Waals surface area contributed by atoms with Crippen molar-refractivity contribution < 1.29 is 9.32 Å².